The zero-order chi connectivity index (χ0) is 10.7. The van der Waals surface area contributed by atoms with Crippen LogP contribution in [0.15, 0.2) is 18.2 Å². The molecule has 0 N–H and O–H groups in total. The molecule has 0 heterocycles. The predicted molar refractivity (Wildman–Crippen MR) is 65.7 cm³/mol. The van der Waals surface area contributed by atoms with E-state index in [9.17, 15) is 0 Å². The Morgan fingerprint density at radius 2 is 1.86 bits per heavy atom. The number of benzene rings is 1. The summed E-state index contributed by atoms with van der Waals surface area (Å²) in [6.07, 6.45) is 0. The van der Waals surface area contributed by atoms with Crippen molar-refractivity contribution in [2.24, 2.45) is 0 Å². The van der Waals surface area contributed by atoms with E-state index in [1.54, 1.807) is 8.83 Å². The summed E-state index contributed by atoms with van der Waals surface area (Å²) in [7, 11) is 4.28. The van der Waals surface area contributed by atoms with Crippen molar-refractivity contribution in [2.45, 2.75) is 22.7 Å². The van der Waals surface area contributed by atoms with Gasteiger partial charge in [-0.1, -0.05) is 0 Å². The Balaban J connectivity index is 3.02. The summed E-state index contributed by atoms with van der Waals surface area (Å²) in [5.74, 6) is 0. The monoisotopic (exact) mass is 387 g/mol. The van der Waals surface area contributed by atoms with Gasteiger partial charge in [-0.05, 0) is 0 Å². The van der Waals surface area contributed by atoms with E-state index in [0.29, 0.717) is 0 Å². The molecule has 0 fully saturated rings. The van der Waals surface area contributed by atoms with Crippen LogP contribution in [-0.4, -0.2) is 40.7 Å². The van der Waals surface area contributed by atoms with Gasteiger partial charge >= 0.3 is 96.1 Å². The molecule has 0 unspecified atom stereocenters. The van der Waals surface area contributed by atoms with Crippen molar-refractivity contribution in [1.82, 2.24) is 4.90 Å². The maximum atomic E-state index is 2.46. The van der Waals surface area contributed by atoms with Crippen LogP contribution in [0.4, 0.5) is 0 Å². The van der Waals surface area contributed by atoms with Gasteiger partial charge in [0.2, 0.25) is 0 Å². The van der Waals surface area contributed by atoms with Gasteiger partial charge in [0.1, 0.15) is 0 Å². The number of rotatable bonds is 3. The van der Waals surface area contributed by atoms with Gasteiger partial charge in [0.15, 0.2) is 0 Å². The SMILES string of the molecule is Cc1ccc(CN(C)C)[c]([Bi]([CH3])[CH3])c1. The molecule has 2 heteroatoms. The van der Waals surface area contributed by atoms with Crippen molar-refractivity contribution in [3.05, 3.63) is 29.3 Å². The minimum atomic E-state index is -1.29. The second-order valence-corrected chi connectivity index (χ2v) is 13.1. The fourth-order valence-corrected chi connectivity index (χ4v) is 6.16. The minimum absolute atomic E-state index is 1.09. The van der Waals surface area contributed by atoms with E-state index in [2.05, 4.69) is 53.4 Å². The topological polar surface area (TPSA) is 3.24 Å². The number of hydrogen-bond acceptors (Lipinski definition) is 1. The van der Waals surface area contributed by atoms with Crippen LogP contribution in [0.25, 0.3) is 0 Å². The molecule has 0 radical (unpaired) electrons. The van der Waals surface area contributed by atoms with E-state index in [1.807, 2.05) is 0 Å². The average Bonchev–Trinajstić information content (AvgIpc) is 2.07. The van der Waals surface area contributed by atoms with Crippen molar-refractivity contribution in [1.29, 1.82) is 0 Å². The van der Waals surface area contributed by atoms with Crippen molar-refractivity contribution < 1.29 is 0 Å². The van der Waals surface area contributed by atoms with Crippen LogP contribution < -0.4 is 3.27 Å². The van der Waals surface area contributed by atoms with Crippen LogP contribution >= 0.6 is 0 Å². The maximum absolute atomic E-state index is 2.46. The van der Waals surface area contributed by atoms with Gasteiger partial charge in [-0.3, -0.25) is 0 Å². The molecule has 0 saturated heterocycles. The van der Waals surface area contributed by atoms with Gasteiger partial charge in [0.05, 0.1) is 0 Å². The Bertz CT molecular complexity index is 305. The van der Waals surface area contributed by atoms with Gasteiger partial charge in [0.25, 0.3) is 0 Å². The predicted octanol–water partition coefficient (Wildman–Crippen LogP) is 2.02. The molecule has 0 spiro atoms. The molecule has 1 aromatic rings. The molecule has 78 valence electrons. The summed E-state index contributed by atoms with van der Waals surface area (Å²) in [6.45, 7) is 3.28. The van der Waals surface area contributed by atoms with Gasteiger partial charge in [-0.25, -0.2) is 0 Å². The molecule has 0 aromatic heterocycles. The van der Waals surface area contributed by atoms with E-state index in [-0.39, 0.29) is 0 Å². The number of nitrogens with zero attached hydrogens (tertiary/aromatic N) is 1. The number of aryl methyl sites for hydroxylation is 1. The quantitative estimate of drug-likeness (QED) is 0.718. The van der Waals surface area contributed by atoms with E-state index in [0.717, 1.165) is 6.54 Å². The Hall–Kier alpha value is 0.0631. The second-order valence-electron chi connectivity index (χ2n) is 4.26. The molecule has 1 nitrogen and oxygen atoms in total. The standard InChI is InChI=1S/C10H14N.2CH3.Bi/c1-9-4-6-10(7-5-9)8-11(2)3;;;/h4-6H,8H2,1-3H3;2*1H3;. The summed E-state index contributed by atoms with van der Waals surface area (Å²) < 4.78 is 6.61. The summed E-state index contributed by atoms with van der Waals surface area (Å²) in [5, 5.41) is 0. The summed E-state index contributed by atoms with van der Waals surface area (Å²) in [5.41, 5.74) is 2.95. The molecular weight excluding hydrogens is 367 g/mol. The first-order valence-corrected chi connectivity index (χ1v) is 13.6. The first kappa shape index (κ1) is 12.1. The molecule has 0 amide bonds. The number of hydrogen-bond donors (Lipinski definition) is 0. The van der Waals surface area contributed by atoms with Gasteiger partial charge < -0.3 is 0 Å². The summed E-state index contributed by atoms with van der Waals surface area (Å²) >= 11 is -1.29. The molecule has 0 saturated carbocycles. The van der Waals surface area contributed by atoms with E-state index in [1.165, 1.54) is 5.56 Å². The molecule has 14 heavy (non-hydrogen) atoms. The molecule has 1 aromatic carbocycles. The van der Waals surface area contributed by atoms with Crippen molar-refractivity contribution in [2.75, 3.05) is 14.1 Å². The van der Waals surface area contributed by atoms with Gasteiger partial charge in [-0.2, -0.15) is 0 Å². The van der Waals surface area contributed by atoms with Crippen molar-refractivity contribution >= 4 is 25.0 Å². The van der Waals surface area contributed by atoms with E-state index < -0.39 is 21.8 Å². The van der Waals surface area contributed by atoms with Crippen LogP contribution in [-0.2, 0) is 6.54 Å². The molecule has 0 aliphatic rings. The first-order valence-electron chi connectivity index (χ1n) is 4.92. The van der Waals surface area contributed by atoms with Crippen LogP contribution in [0, 0.1) is 6.92 Å². The van der Waals surface area contributed by atoms with Crippen molar-refractivity contribution in [3.63, 3.8) is 0 Å². The Morgan fingerprint density at radius 3 is 2.36 bits per heavy atom. The zero-order valence-corrected chi connectivity index (χ0v) is 13.3. The Morgan fingerprint density at radius 1 is 1.21 bits per heavy atom. The Kier molecular flexibility index (Phi) is 4.53. The van der Waals surface area contributed by atoms with Gasteiger partial charge in [-0.15, -0.1) is 0 Å². The third-order valence-electron chi connectivity index (χ3n) is 2.21. The van der Waals surface area contributed by atoms with Crippen LogP contribution in [0.2, 0.25) is 9.26 Å². The third kappa shape index (κ3) is 3.33. The third-order valence-corrected chi connectivity index (χ3v) is 7.57. The normalized spacial score (nSPS) is 11.4. The molecular formula is C12H20BiN. The second kappa shape index (κ2) is 5.23. The van der Waals surface area contributed by atoms with E-state index in [4.69, 9.17) is 0 Å². The van der Waals surface area contributed by atoms with Crippen LogP contribution in [0.1, 0.15) is 11.1 Å². The summed E-state index contributed by atoms with van der Waals surface area (Å²) in [6, 6.07) is 6.94. The Labute approximate surface area is 95.8 Å². The van der Waals surface area contributed by atoms with Crippen LogP contribution in [0.3, 0.4) is 0 Å². The van der Waals surface area contributed by atoms with Gasteiger partial charge in [0, 0.05) is 0 Å². The fourth-order valence-electron chi connectivity index (χ4n) is 1.56. The molecule has 0 aliphatic carbocycles. The molecule has 1 rings (SSSR count). The molecule has 0 atom stereocenters. The average molecular weight is 387 g/mol. The van der Waals surface area contributed by atoms with Crippen LogP contribution in [0.5, 0.6) is 0 Å². The first-order chi connectivity index (χ1) is 6.50. The van der Waals surface area contributed by atoms with Crippen molar-refractivity contribution in [3.8, 4) is 0 Å². The fraction of sp³-hybridized carbons (Fsp3) is 0.500. The molecule has 0 bridgehead atoms. The molecule has 0 aliphatic heterocycles. The summed E-state index contributed by atoms with van der Waals surface area (Å²) in [4.78, 5) is 2.25. The van der Waals surface area contributed by atoms with E-state index >= 15 is 0 Å². The zero-order valence-electron chi connectivity index (χ0n) is 9.83.